The summed E-state index contributed by atoms with van der Waals surface area (Å²) in [6.45, 7) is 11.7. The number of rotatable bonds is 3. The van der Waals surface area contributed by atoms with E-state index in [1.165, 1.54) is 0 Å². The number of anilines is 1. The van der Waals surface area contributed by atoms with Crippen molar-refractivity contribution in [1.29, 1.82) is 0 Å². The highest BCUT2D eigenvalue weighted by atomic mass is 16.5. The number of hydrogen-bond donors (Lipinski definition) is 0. The molecule has 1 aliphatic rings. The van der Waals surface area contributed by atoms with Crippen LogP contribution in [0.3, 0.4) is 0 Å². The zero-order valence-electron chi connectivity index (χ0n) is 15.8. The number of carbonyl (C=O) groups excluding carboxylic acids is 1. The van der Waals surface area contributed by atoms with Crippen LogP contribution < -0.4 is 4.90 Å². The number of carbonyl (C=O) groups is 1. The standard InChI is InChI=1S/C18H26N4O3/c1-7-24-16(23)13-8-19-15-12(9-20-21(15)6)14(13)22-10-17(2,3)25-18(4,5)11-22/h8-9H,7,10-11H2,1-6H3. The first-order chi connectivity index (χ1) is 11.6. The van der Waals surface area contributed by atoms with Gasteiger partial charge in [-0.15, -0.1) is 0 Å². The van der Waals surface area contributed by atoms with E-state index >= 15 is 0 Å². The van der Waals surface area contributed by atoms with Gasteiger partial charge in [0.15, 0.2) is 5.65 Å². The van der Waals surface area contributed by atoms with Gasteiger partial charge in [-0.1, -0.05) is 0 Å². The molecule has 0 bridgehead atoms. The van der Waals surface area contributed by atoms with Gasteiger partial charge in [0.2, 0.25) is 0 Å². The number of aromatic nitrogens is 3. The summed E-state index contributed by atoms with van der Waals surface area (Å²) in [5.74, 6) is -0.363. The van der Waals surface area contributed by atoms with Crippen LogP contribution in [0.2, 0.25) is 0 Å². The minimum atomic E-state index is -0.363. The van der Waals surface area contributed by atoms with E-state index in [0.29, 0.717) is 25.3 Å². The van der Waals surface area contributed by atoms with Crippen molar-refractivity contribution in [3.63, 3.8) is 0 Å². The molecule has 3 rings (SSSR count). The molecule has 1 fully saturated rings. The van der Waals surface area contributed by atoms with Gasteiger partial charge in [-0.05, 0) is 34.6 Å². The molecule has 1 saturated heterocycles. The van der Waals surface area contributed by atoms with Gasteiger partial charge < -0.3 is 14.4 Å². The Morgan fingerprint density at radius 1 is 1.24 bits per heavy atom. The molecule has 0 radical (unpaired) electrons. The van der Waals surface area contributed by atoms with Gasteiger partial charge in [-0.3, -0.25) is 4.68 Å². The van der Waals surface area contributed by atoms with Gasteiger partial charge >= 0.3 is 5.97 Å². The first kappa shape index (κ1) is 17.7. The highest BCUT2D eigenvalue weighted by Gasteiger charge is 2.40. The summed E-state index contributed by atoms with van der Waals surface area (Å²) in [7, 11) is 1.84. The Bertz CT molecular complexity index is 794. The molecule has 3 heterocycles. The van der Waals surface area contributed by atoms with Crippen LogP contribution in [0.5, 0.6) is 0 Å². The molecule has 25 heavy (non-hydrogen) atoms. The third-order valence-corrected chi connectivity index (χ3v) is 4.24. The molecule has 0 N–H and O–H groups in total. The molecular weight excluding hydrogens is 320 g/mol. The Balaban J connectivity index is 2.18. The van der Waals surface area contributed by atoms with Crippen molar-refractivity contribution in [3.05, 3.63) is 18.0 Å². The fourth-order valence-electron chi connectivity index (χ4n) is 3.73. The first-order valence-electron chi connectivity index (χ1n) is 8.56. The third kappa shape index (κ3) is 3.33. The summed E-state index contributed by atoms with van der Waals surface area (Å²) in [6, 6.07) is 0. The molecule has 1 aliphatic heterocycles. The normalized spacial score (nSPS) is 19.2. The van der Waals surface area contributed by atoms with Crippen LogP contribution in [0.4, 0.5) is 5.69 Å². The maximum Gasteiger partial charge on any atom is 0.341 e. The Hall–Kier alpha value is -2.15. The number of hydrogen-bond acceptors (Lipinski definition) is 6. The summed E-state index contributed by atoms with van der Waals surface area (Å²) in [5, 5.41) is 5.16. The van der Waals surface area contributed by atoms with Crippen LogP contribution >= 0.6 is 0 Å². The smallest absolute Gasteiger partial charge is 0.341 e. The number of aryl methyl sites for hydroxylation is 1. The van der Waals surface area contributed by atoms with E-state index < -0.39 is 0 Å². The largest absolute Gasteiger partial charge is 0.462 e. The molecule has 7 heteroatoms. The maximum atomic E-state index is 12.5. The first-order valence-corrected chi connectivity index (χ1v) is 8.56. The van der Waals surface area contributed by atoms with E-state index in [0.717, 1.165) is 16.7 Å². The number of ether oxygens (including phenoxy) is 2. The van der Waals surface area contributed by atoms with E-state index in [-0.39, 0.29) is 17.2 Å². The van der Waals surface area contributed by atoms with Crippen molar-refractivity contribution < 1.29 is 14.3 Å². The zero-order chi connectivity index (χ0) is 18.4. The highest BCUT2D eigenvalue weighted by Crippen LogP contribution is 2.36. The van der Waals surface area contributed by atoms with Gasteiger partial charge in [0, 0.05) is 26.3 Å². The van der Waals surface area contributed by atoms with E-state index in [4.69, 9.17) is 9.47 Å². The lowest BCUT2D eigenvalue weighted by Gasteiger charge is -2.48. The average Bonchev–Trinajstić information content (AvgIpc) is 2.85. The summed E-state index contributed by atoms with van der Waals surface area (Å²) in [5.41, 5.74) is 1.35. The van der Waals surface area contributed by atoms with Crippen LogP contribution in [0.25, 0.3) is 11.0 Å². The fourth-order valence-corrected chi connectivity index (χ4v) is 3.73. The lowest BCUT2D eigenvalue weighted by Crippen LogP contribution is -2.57. The van der Waals surface area contributed by atoms with Crippen molar-refractivity contribution in [3.8, 4) is 0 Å². The van der Waals surface area contributed by atoms with Crippen molar-refractivity contribution in [1.82, 2.24) is 14.8 Å². The Morgan fingerprint density at radius 2 is 1.88 bits per heavy atom. The minimum absolute atomic E-state index is 0.323. The van der Waals surface area contributed by atoms with E-state index in [9.17, 15) is 4.79 Å². The second-order valence-corrected chi connectivity index (χ2v) is 7.72. The van der Waals surface area contributed by atoms with E-state index in [1.807, 2.05) is 7.05 Å². The quantitative estimate of drug-likeness (QED) is 0.796. The van der Waals surface area contributed by atoms with Crippen molar-refractivity contribution in [2.24, 2.45) is 7.05 Å². The van der Waals surface area contributed by atoms with Crippen LogP contribution in [-0.4, -0.2) is 51.6 Å². The van der Waals surface area contributed by atoms with Gasteiger partial charge in [-0.25, -0.2) is 9.78 Å². The van der Waals surface area contributed by atoms with Crippen LogP contribution in [0.15, 0.2) is 12.4 Å². The number of nitrogens with zero attached hydrogens (tertiary/aromatic N) is 4. The van der Waals surface area contributed by atoms with Gasteiger partial charge in [0.25, 0.3) is 0 Å². The second-order valence-electron chi connectivity index (χ2n) is 7.72. The van der Waals surface area contributed by atoms with Crippen molar-refractivity contribution in [2.45, 2.75) is 45.8 Å². The molecule has 0 unspecified atom stereocenters. The molecular formula is C18H26N4O3. The van der Waals surface area contributed by atoms with Crippen LogP contribution in [0.1, 0.15) is 45.0 Å². The Morgan fingerprint density at radius 3 is 2.48 bits per heavy atom. The van der Waals surface area contributed by atoms with E-state index in [2.05, 4.69) is 42.7 Å². The zero-order valence-corrected chi connectivity index (χ0v) is 15.8. The summed E-state index contributed by atoms with van der Waals surface area (Å²) < 4.78 is 13.2. The SMILES string of the molecule is CCOC(=O)c1cnc2c(cnn2C)c1N1CC(C)(C)OC(C)(C)C1. The highest BCUT2D eigenvalue weighted by molar-refractivity contribution is 6.04. The van der Waals surface area contributed by atoms with Gasteiger partial charge in [0.1, 0.15) is 5.56 Å². The predicted molar refractivity (Wildman–Crippen MR) is 95.9 cm³/mol. The summed E-state index contributed by atoms with van der Waals surface area (Å²) in [4.78, 5) is 19.1. The molecule has 2 aromatic heterocycles. The second kappa shape index (κ2) is 5.98. The van der Waals surface area contributed by atoms with Crippen LogP contribution in [-0.2, 0) is 16.5 Å². The molecule has 7 nitrogen and oxygen atoms in total. The number of esters is 1. The summed E-state index contributed by atoms with van der Waals surface area (Å²) in [6.07, 6.45) is 3.35. The number of pyridine rings is 1. The van der Waals surface area contributed by atoms with Gasteiger partial charge in [-0.2, -0.15) is 5.10 Å². The molecule has 2 aromatic rings. The third-order valence-electron chi connectivity index (χ3n) is 4.24. The fraction of sp³-hybridized carbons (Fsp3) is 0.611. The topological polar surface area (TPSA) is 69.5 Å². The molecule has 0 spiro atoms. The lowest BCUT2D eigenvalue weighted by molar-refractivity contribution is -0.133. The minimum Gasteiger partial charge on any atom is -0.462 e. The monoisotopic (exact) mass is 346 g/mol. The molecule has 0 aliphatic carbocycles. The Labute approximate surface area is 147 Å². The number of fused-ring (bicyclic) bond motifs is 1. The molecule has 0 amide bonds. The van der Waals surface area contributed by atoms with Gasteiger partial charge in [0.05, 0.1) is 35.1 Å². The molecule has 136 valence electrons. The molecule has 0 atom stereocenters. The molecule has 0 saturated carbocycles. The van der Waals surface area contributed by atoms with Crippen LogP contribution in [0, 0.1) is 0 Å². The number of morpholine rings is 1. The predicted octanol–water partition coefficient (Wildman–Crippen LogP) is 2.54. The average molecular weight is 346 g/mol. The Kier molecular flexibility index (Phi) is 4.23. The maximum absolute atomic E-state index is 12.5. The molecule has 0 aromatic carbocycles. The van der Waals surface area contributed by atoms with Crippen molar-refractivity contribution in [2.75, 3.05) is 24.6 Å². The lowest BCUT2D eigenvalue weighted by atomic mass is 9.97. The van der Waals surface area contributed by atoms with E-state index in [1.54, 1.807) is 24.0 Å². The van der Waals surface area contributed by atoms with Crippen molar-refractivity contribution >= 4 is 22.7 Å². The summed E-state index contributed by atoms with van der Waals surface area (Å²) >= 11 is 0.